The number of imidazole rings is 1. The van der Waals surface area contributed by atoms with E-state index in [1.165, 1.54) is 44.9 Å². The number of rotatable bonds is 13. The minimum Gasteiger partial charge on any atom is -0.494 e. The molecule has 2 rings (SSSR count). The average molecular weight is 343 g/mol. The second kappa shape index (κ2) is 11.5. The molecule has 0 unspecified atom stereocenters. The second-order valence-electron chi connectivity index (χ2n) is 6.68. The zero-order valence-electron chi connectivity index (χ0n) is 15.4. The van der Waals surface area contributed by atoms with Crippen molar-refractivity contribution >= 4 is 6.29 Å². The summed E-state index contributed by atoms with van der Waals surface area (Å²) in [5, 5.41) is 0. The Hall–Kier alpha value is -2.10. The Morgan fingerprint density at radius 2 is 1.60 bits per heavy atom. The Labute approximate surface area is 151 Å². The van der Waals surface area contributed by atoms with E-state index in [0.717, 1.165) is 31.6 Å². The highest BCUT2D eigenvalue weighted by atomic mass is 16.5. The third kappa shape index (κ3) is 8.01. The van der Waals surface area contributed by atoms with Crippen molar-refractivity contribution in [1.82, 2.24) is 4.57 Å². The van der Waals surface area contributed by atoms with Crippen LogP contribution >= 0.6 is 0 Å². The largest absolute Gasteiger partial charge is 0.494 e. The summed E-state index contributed by atoms with van der Waals surface area (Å²) in [4.78, 5) is 10.6. The van der Waals surface area contributed by atoms with Crippen molar-refractivity contribution in [2.45, 2.75) is 57.9 Å². The monoisotopic (exact) mass is 343 g/mol. The van der Waals surface area contributed by atoms with E-state index < -0.39 is 0 Å². The maximum absolute atomic E-state index is 10.6. The second-order valence-corrected chi connectivity index (χ2v) is 6.68. The SMILES string of the molecule is C[n+]1ccn(CCCCCCCCCCOc2ccc(C=O)cc2)c1. The van der Waals surface area contributed by atoms with Gasteiger partial charge in [-0.3, -0.25) is 4.79 Å². The van der Waals surface area contributed by atoms with Gasteiger partial charge in [0.1, 0.15) is 24.4 Å². The van der Waals surface area contributed by atoms with Crippen molar-refractivity contribution in [2.75, 3.05) is 6.61 Å². The summed E-state index contributed by atoms with van der Waals surface area (Å²) < 4.78 is 10.0. The highest BCUT2D eigenvalue weighted by Gasteiger charge is 1.99. The average Bonchev–Trinajstić information content (AvgIpc) is 3.05. The molecule has 0 radical (unpaired) electrons. The Kier molecular flexibility index (Phi) is 8.81. The van der Waals surface area contributed by atoms with Gasteiger partial charge in [0.25, 0.3) is 0 Å². The number of hydrogen-bond acceptors (Lipinski definition) is 2. The summed E-state index contributed by atoms with van der Waals surface area (Å²) in [7, 11) is 2.06. The number of aldehydes is 1. The van der Waals surface area contributed by atoms with Gasteiger partial charge in [-0.25, -0.2) is 9.13 Å². The molecule has 1 aromatic carbocycles. The Morgan fingerprint density at radius 3 is 2.20 bits per heavy atom. The van der Waals surface area contributed by atoms with Crippen LogP contribution in [-0.4, -0.2) is 17.5 Å². The number of aryl methyl sites for hydroxylation is 2. The number of unbranched alkanes of at least 4 members (excludes halogenated alkanes) is 7. The fourth-order valence-electron chi connectivity index (χ4n) is 2.92. The summed E-state index contributed by atoms with van der Waals surface area (Å²) >= 11 is 0. The van der Waals surface area contributed by atoms with Crippen molar-refractivity contribution in [1.29, 1.82) is 0 Å². The first-order valence-corrected chi connectivity index (χ1v) is 9.47. The lowest BCUT2D eigenvalue weighted by Crippen LogP contribution is -2.23. The summed E-state index contributed by atoms with van der Waals surface area (Å²) in [6.45, 7) is 1.89. The molecule has 136 valence electrons. The highest BCUT2D eigenvalue weighted by Crippen LogP contribution is 2.13. The van der Waals surface area contributed by atoms with Crippen LogP contribution in [-0.2, 0) is 13.6 Å². The van der Waals surface area contributed by atoms with Crippen molar-refractivity contribution in [2.24, 2.45) is 7.05 Å². The smallest absolute Gasteiger partial charge is 0.243 e. The van der Waals surface area contributed by atoms with Gasteiger partial charge in [-0.05, 0) is 43.5 Å². The van der Waals surface area contributed by atoms with Gasteiger partial charge in [0, 0.05) is 5.56 Å². The van der Waals surface area contributed by atoms with Crippen LogP contribution in [0.25, 0.3) is 0 Å². The van der Waals surface area contributed by atoms with Crippen LogP contribution in [0, 0.1) is 0 Å². The van der Waals surface area contributed by atoms with E-state index in [2.05, 4.69) is 34.9 Å². The van der Waals surface area contributed by atoms with Crippen LogP contribution in [0.4, 0.5) is 0 Å². The normalized spacial score (nSPS) is 10.8. The molecule has 0 saturated heterocycles. The van der Waals surface area contributed by atoms with E-state index >= 15 is 0 Å². The Bertz CT molecular complexity index is 605. The van der Waals surface area contributed by atoms with E-state index in [1.807, 2.05) is 12.1 Å². The molecule has 1 heterocycles. The van der Waals surface area contributed by atoms with Crippen molar-refractivity contribution < 1.29 is 14.1 Å². The first kappa shape index (κ1) is 19.2. The van der Waals surface area contributed by atoms with E-state index in [1.54, 1.807) is 12.1 Å². The summed E-state index contributed by atoms with van der Waals surface area (Å²) in [6, 6.07) is 7.30. The molecule has 0 aliphatic heterocycles. The number of carbonyl (C=O) groups excluding carboxylic acids is 1. The molecule has 0 atom stereocenters. The Morgan fingerprint density at radius 1 is 0.960 bits per heavy atom. The lowest BCUT2D eigenvalue weighted by molar-refractivity contribution is -0.671. The van der Waals surface area contributed by atoms with Crippen molar-refractivity contribution in [3.63, 3.8) is 0 Å². The third-order valence-corrected chi connectivity index (χ3v) is 4.42. The Balaban J connectivity index is 1.37. The predicted molar refractivity (Wildman–Crippen MR) is 99.9 cm³/mol. The fourth-order valence-corrected chi connectivity index (χ4v) is 2.92. The van der Waals surface area contributed by atoms with Crippen LogP contribution in [0.3, 0.4) is 0 Å². The molecular weight excluding hydrogens is 312 g/mol. The van der Waals surface area contributed by atoms with Gasteiger partial charge in [-0.1, -0.05) is 32.1 Å². The molecule has 0 saturated carbocycles. The molecule has 1 aromatic heterocycles. The van der Waals surface area contributed by atoms with Crippen molar-refractivity contribution in [3.05, 3.63) is 48.5 Å². The van der Waals surface area contributed by atoms with Gasteiger partial charge in [-0.2, -0.15) is 0 Å². The maximum Gasteiger partial charge on any atom is 0.243 e. The first-order chi connectivity index (χ1) is 12.3. The number of carbonyl (C=O) groups is 1. The number of benzene rings is 1. The minimum atomic E-state index is 0.690. The molecule has 25 heavy (non-hydrogen) atoms. The molecule has 0 spiro atoms. The predicted octanol–water partition coefficient (Wildman–Crippen LogP) is 4.32. The zero-order chi connectivity index (χ0) is 17.7. The van der Waals surface area contributed by atoms with Gasteiger partial charge in [0.05, 0.1) is 20.2 Å². The van der Waals surface area contributed by atoms with Gasteiger partial charge < -0.3 is 4.74 Å². The first-order valence-electron chi connectivity index (χ1n) is 9.47. The molecule has 4 heteroatoms. The van der Waals surface area contributed by atoms with E-state index in [9.17, 15) is 4.79 Å². The summed E-state index contributed by atoms with van der Waals surface area (Å²) in [6.07, 6.45) is 17.4. The molecular formula is C21H31N2O2+. The third-order valence-electron chi connectivity index (χ3n) is 4.42. The quantitative estimate of drug-likeness (QED) is 0.308. The topological polar surface area (TPSA) is 35.1 Å². The lowest BCUT2D eigenvalue weighted by atomic mass is 10.1. The highest BCUT2D eigenvalue weighted by molar-refractivity contribution is 5.74. The molecule has 0 amide bonds. The van der Waals surface area contributed by atoms with Crippen LogP contribution in [0.1, 0.15) is 61.7 Å². The molecule has 2 aromatic rings. The molecule has 0 fully saturated rings. The van der Waals surface area contributed by atoms with Crippen LogP contribution in [0.15, 0.2) is 43.0 Å². The van der Waals surface area contributed by atoms with E-state index in [-0.39, 0.29) is 0 Å². The van der Waals surface area contributed by atoms with Gasteiger partial charge >= 0.3 is 0 Å². The molecule has 0 bridgehead atoms. The van der Waals surface area contributed by atoms with Gasteiger partial charge in [0.15, 0.2) is 0 Å². The van der Waals surface area contributed by atoms with Crippen LogP contribution in [0.5, 0.6) is 5.75 Å². The van der Waals surface area contributed by atoms with E-state index in [0.29, 0.717) is 5.56 Å². The maximum atomic E-state index is 10.6. The minimum absolute atomic E-state index is 0.690. The lowest BCUT2D eigenvalue weighted by Gasteiger charge is -2.06. The van der Waals surface area contributed by atoms with Gasteiger partial charge in [0.2, 0.25) is 6.33 Å². The zero-order valence-corrected chi connectivity index (χ0v) is 15.4. The molecule has 4 nitrogen and oxygen atoms in total. The molecule has 0 N–H and O–H groups in total. The molecule has 0 aliphatic carbocycles. The van der Waals surface area contributed by atoms with Gasteiger partial charge in [-0.15, -0.1) is 0 Å². The number of hydrogen-bond donors (Lipinski definition) is 0. The fraction of sp³-hybridized carbons (Fsp3) is 0.524. The summed E-state index contributed by atoms with van der Waals surface area (Å²) in [5.41, 5.74) is 0.690. The standard InChI is InChI=1S/C21H31N2O2/c1-22-15-16-23(19-22)14-8-6-4-2-3-5-7-9-17-25-21-12-10-20(18-24)11-13-21/h10-13,15-16,18-19H,2-9,14,17H2,1H3/q+1. The summed E-state index contributed by atoms with van der Waals surface area (Å²) in [5.74, 6) is 0.849. The van der Waals surface area contributed by atoms with Crippen molar-refractivity contribution in [3.8, 4) is 5.75 Å². The van der Waals surface area contributed by atoms with Crippen LogP contribution in [0.2, 0.25) is 0 Å². The van der Waals surface area contributed by atoms with Crippen LogP contribution < -0.4 is 9.30 Å². The number of ether oxygens (including phenoxy) is 1. The number of nitrogens with zero attached hydrogens (tertiary/aromatic N) is 2. The number of aromatic nitrogens is 2. The van der Waals surface area contributed by atoms with E-state index in [4.69, 9.17) is 4.74 Å². The molecule has 0 aliphatic rings.